The van der Waals surface area contributed by atoms with E-state index < -0.39 is 12.2 Å². The number of aliphatic hydroxyl groups is 2. The van der Waals surface area contributed by atoms with Crippen molar-refractivity contribution in [3.8, 4) is 0 Å². The molecule has 0 amide bonds. The van der Waals surface area contributed by atoms with Crippen molar-refractivity contribution in [3.05, 3.63) is 0 Å². The van der Waals surface area contributed by atoms with Gasteiger partial charge < -0.3 is 15.1 Å². The van der Waals surface area contributed by atoms with Gasteiger partial charge in [-0.25, -0.2) is 0 Å². The van der Waals surface area contributed by atoms with Crippen molar-refractivity contribution >= 4 is 5.97 Å². The maximum atomic E-state index is 11.9. The molecular formula is C24H49NO4. The average molecular weight is 416 g/mol. The number of unbranched alkanes of at least 4 members (excludes halogenated alkanes) is 10. The lowest BCUT2D eigenvalue weighted by molar-refractivity contribution is -0.201. The Morgan fingerprint density at radius 2 is 1.10 bits per heavy atom. The van der Waals surface area contributed by atoms with Crippen LogP contribution >= 0.6 is 0 Å². The van der Waals surface area contributed by atoms with Crippen LogP contribution in [-0.2, 0) is 9.63 Å². The van der Waals surface area contributed by atoms with Crippen molar-refractivity contribution in [1.82, 2.24) is 5.06 Å². The molecule has 0 aliphatic carbocycles. The van der Waals surface area contributed by atoms with Gasteiger partial charge in [0.1, 0.15) is 0 Å². The van der Waals surface area contributed by atoms with Crippen LogP contribution in [0.3, 0.4) is 0 Å². The molecule has 0 spiro atoms. The Balaban J connectivity index is 4.23. The smallest absolute Gasteiger partial charge is 0.325 e. The molecule has 0 aromatic rings. The molecule has 0 saturated heterocycles. The number of rotatable bonds is 21. The third-order valence-corrected chi connectivity index (χ3v) is 5.30. The second-order valence-electron chi connectivity index (χ2n) is 8.48. The molecule has 29 heavy (non-hydrogen) atoms. The lowest BCUT2D eigenvalue weighted by Crippen LogP contribution is -2.39. The minimum atomic E-state index is -0.531. The highest BCUT2D eigenvalue weighted by molar-refractivity contribution is 5.68. The third kappa shape index (κ3) is 19.1. The van der Waals surface area contributed by atoms with E-state index in [1.54, 1.807) is 0 Å². The van der Waals surface area contributed by atoms with Crippen LogP contribution in [0.25, 0.3) is 0 Å². The van der Waals surface area contributed by atoms with Gasteiger partial charge >= 0.3 is 5.97 Å². The van der Waals surface area contributed by atoms with E-state index in [9.17, 15) is 15.0 Å². The highest BCUT2D eigenvalue weighted by Crippen LogP contribution is 2.13. The van der Waals surface area contributed by atoms with E-state index in [2.05, 4.69) is 13.8 Å². The molecule has 0 aromatic carbocycles. The van der Waals surface area contributed by atoms with E-state index in [4.69, 9.17) is 4.84 Å². The van der Waals surface area contributed by atoms with Crippen LogP contribution in [0.2, 0.25) is 0 Å². The summed E-state index contributed by atoms with van der Waals surface area (Å²) in [6.07, 6.45) is 15.7. The molecule has 174 valence electrons. The Bertz CT molecular complexity index is 341. The second-order valence-corrected chi connectivity index (χ2v) is 8.48. The molecule has 0 fully saturated rings. The number of hydroxylamine groups is 2. The van der Waals surface area contributed by atoms with Crippen molar-refractivity contribution in [2.75, 3.05) is 13.1 Å². The lowest BCUT2D eigenvalue weighted by Gasteiger charge is -2.26. The van der Waals surface area contributed by atoms with Gasteiger partial charge in [-0.3, -0.25) is 4.79 Å². The SMILES string of the molecule is CCCCCCCCC(O)CN(CC(O)CCCCCCCC)OC(=O)CCC. The first kappa shape index (κ1) is 28.4. The normalized spacial score (nSPS) is 13.6. The summed E-state index contributed by atoms with van der Waals surface area (Å²) < 4.78 is 0. The number of carbonyl (C=O) groups is 1. The van der Waals surface area contributed by atoms with Gasteiger partial charge in [0.05, 0.1) is 25.3 Å². The molecule has 2 N–H and O–H groups in total. The van der Waals surface area contributed by atoms with E-state index in [0.717, 1.165) is 32.1 Å². The fourth-order valence-corrected chi connectivity index (χ4v) is 3.52. The zero-order chi connectivity index (χ0) is 21.7. The maximum Gasteiger partial charge on any atom is 0.325 e. The average Bonchev–Trinajstić information content (AvgIpc) is 2.67. The number of hydrogen-bond acceptors (Lipinski definition) is 5. The van der Waals surface area contributed by atoms with Crippen molar-refractivity contribution in [1.29, 1.82) is 0 Å². The molecule has 0 saturated carbocycles. The zero-order valence-electron chi connectivity index (χ0n) is 19.5. The van der Waals surface area contributed by atoms with Gasteiger partial charge in [0.2, 0.25) is 0 Å². The molecule has 5 nitrogen and oxygen atoms in total. The number of carbonyl (C=O) groups excluding carboxylic acids is 1. The summed E-state index contributed by atoms with van der Waals surface area (Å²) in [6.45, 7) is 6.90. The van der Waals surface area contributed by atoms with E-state index in [0.29, 0.717) is 19.3 Å². The quantitative estimate of drug-likeness (QED) is 0.184. The minimum Gasteiger partial charge on any atom is -0.392 e. The monoisotopic (exact) mass is 415 g/mol. The molecule has 0 aliphatic rings. The van der Waals surface area contributed by atoms with Gasteiger partial charge in [-0.05, 0) is 19.3 Å². The Hall–Kier alpha value is -0.650. The van der Waals surface area contributed by atoms with Crippen LogP contribution in [-0.4, -0.2) is 46.5 Å². The first-order valence-corrected chi connectivity index (χ1v) is 12.3. The third-order valence-electron chi connectivity index (χ3n) is 5.30. The predicted octanol–water partition coefficient (Wildman–Crippen LogP) is 5.77. The number of aliphatic hydroxyl groups excluding tert-OH is 2. The lowest BCUT2D eigenvalue weighted by atomic mass is 10.1. The Morgan fingerprint density at radius 3 is 1.52 bits per heavy atom. The fourth-order valence-electron chi connectivity index (χ4n) is 3.52. The van der Waals surface area contributed by atoms with E-state index >= 15 is 0 Å². The molecule has 2 atom stereocenters. The van der Waals surface area contributed by atoms with Crippen molar-refractivity contribution in [2.24, 2.45) is 0 Å². The first-order chi connectivity index (χ1) is 14.0. The Morgan fingerprint density at radius 1 is 0.690 bits per heavy atom. The predicted molar refractivity (Wildman–Crippen MR) is 121 cm³/mol. The summed E-state index contributed by atoms with van der Waals surface area (Å²) >= 11 is 0. The van der Waals surface area contributed by atoms with Crippen molar-refractivity contribution in [2.45, 2.75) is 136 Å². The van der Waals surface area contributed by atoms with E-state index in [1.165, 1.54) is 56.4 Å². The number of nitrogens with zero attached hydrogens (tertiary/aromatic N) is 1. The summed E-state index contributed by atoms with van der Waals surface area (Å²) in [4.78, 5) is 17.3. The summed E-state index contributed by atoms with van der Waals surface area (Å²) in [5.41, 5.74) is 0. The Kier molecular flexibility index (Phi) is 20.2. The van der Waals surface area contributed by atoms with Gasteiger partial charge in [0.25, 0.3) is 0 Å². The standard InChI is InChI=1S/C24H49NO4/c1-4-7-9-11-13-15-18-22(26)20-25(29-24(28)17-6-3)21-23(27)19-16-14-12-10-8-5-2/h22-23,26-27H,4-21H2,1-3H3. The summed E-state index contributed by atoms with van der Waals surface area (Å²) in [7, 11) is 0. The molecule has 5 heteroatoms. The molecule has 0 aliphatic heterocycles. The van der Waals surface area contributed by atoms with Crippen LogP contribution < -0.4 is 0 Å². The highest BCUT2D eigenvalue weighted by atomic mass is 16.7. The van der Waals surface area contributed by atoms with Crippen LogP contribution in [0.5, 0.6) is 0 Å². The number of hydrogen-bond donors (Lipinski definition) is 2. The fraction of sp³-hybridized carbons (Fsp3) is 0.958. The van der Waals surface area contributed by atoms with Gasteiger partial charge in [-0.1, -0.05) is 97.8 Å². The zero-order valence-corrected chi connectivity index (χ0v) is 19.5. The molecule has 0 radical (unpaired) electrons. The molecule has 0 bridgehead atoms. The van der Waals surface area contributed by atoms with Crippen LogP contribution in [0.1, 0.15) is 124 Å². The largest absolute Gasteiger partial charge is 0.392 e. The van der Waals surface area contributed by atoms with E-state index in [-0.39, 0.29) is 19.1 Å². The summed E-state index contributed by atoms with van der Waals surface area (Å²) in [5.74, 6) is -0.286. The van der Waals surface area contributed by atoms with Crippen molar-refractivity contribution < 1.29 is 19.8 Å². The van der Waals surface area contributed by atoms with Crippen LogP contribution in [0, 0.1) is 0 Å². The van der Waals surface area contributed by atoms with Gasteiger partial charge in [0.15, 0.2) is 0 Å². The molecule has 0 rings (SSSR count). The van der Waals surface area contributed by atoms with E-state index in [1.807, 2.05) is 6.92 Å². The first-order valence-electron chi connectivity index (χ1n) is 12.3. The minimum absolute atomic E-state index is 0.276. The summed E-state index contributed by atoms with van der Waals surface area (Å²) in [6, 6.07) is 0. The molecule has 0 heterocycles. The maximum absolute atomic E-state index is 11.9. The van der Waals surface area contributed by atoms with Crippen LogP contribution in [0.4, 0.5) is 0 Å². The summed E-state index contributed by atoms with van der Waals surface area (Å²) in [5, 5.41) is 22.2. The molecule has 2 unspecified atom stereocenters. The van der Waals surface area contributed by atoms with Gasteiger partial charge in [0, 0.05) is 6.42 Å². The van der Waals surface area contributed by atoms with Gasteiger partial charge in [-0.15, -0.1) is 5.06 Å². The second kappa shape index (κ2) is 20.6. The van der Waals surface area contributed by atoms with Gasteiger partial charge in [-0.2, -0.15) is 0 Å². The topological polar surface area (TPSA) is 70.0 Å². The highest BCUT2D eigenvalue weighted by Gasteiger charge is 2.19. The molecular weight excluding hydrogens is 366 g/mol. The van der Waals surface area contributed by atoms with Crippen LogP contribution in [0.15, 0.2) is 0 Å². The Labute approximate surface area is 180 Å². The molecule has 0 aromatic heterocycles. The van der Waals surface area contributed by atoms with Crippen molar-refractivity contribution in [3.63, 3.8) is 0 Å².